The van der Waals surface area contributed by atoms with Crippen molar-refractivity contribution in [2.45, 2.75) is 75.7 Å². The van der Waals surface area contributed by atoms with Gasteiger partial charge in [-0.25, -0.2) is 0 Å². The smallest absolute Gasteiger partial charge is 0.226 e. The Kier molecular flexibility index (Phi) is 32.3. The molecule has 196 valence electrons. The maximum atomic E-state index is 11.5. The van der Waals surface area contributed by atoms with Crippen LogP contribution in [0, 0.1) is 12.8 Å². The molecule has 2 heteroatoms. The highest BCUT2D eigenvalue weighted by atomic mass is 16.1. The van der Waals surface area contributed by atoms with Crippen LogP contribution >= 0.6 is 0 Å². The Hall–Kier alpha value is -3.13. The van der Waals surface area contributed by atoms with Gasteiger partial charge in [-0.05, 0) is 35.7 Å². The Bertz CT molecular complexity index is 866. The van der Waals surface area contributed by atoms with Gasteiger partial charge in [0.25, 0.3) is 0 Å². The summed E-state index contributed by atoms with van der Waals surface area (Å²) in [4.78, 5) is 11.5. The van der Waals surface area contributed by atoms with Gasteiger partial charge in [0.15, 0.2) is 0 Å². The Labute approximate surface area is 218 Å². The number of carbonyl (C=O) groups is 1. The summed E-state index contributed by atoms with van der Waals surface area (Å²) < 4.78 is 0. The van der Waals surface area contributed by atoms with E-state index in [1.54, 1.807) is 0 Å². The number of rotatable bonds is 3. The third-order valence-electron chi connectivity index (χ3n) is 4.09. The zero-order chi connectivity index (χ0) is 28.2. The molecule has 3 rings (SSSR count). The number of amides is 1. The first kappa shape index (κ1) is 39.1. The molecule has 3 aromatic rings. The van der Waals surface area contributed by atoms with E-state index >= 15 is 0 Å². The summed E-state index contributed by atoms with van der Waals surface area (Å²) in [5, 5.41) is 5.57. The number of hydrogen-bond donors (Lipinski definition) is 1. The van der Waals surface area contributed by atoms with Gasteiger partial charge in [-0.3, -0.25) is 4.79 Å². The molecular weight excluding hydrogens is 426 g/mol. The van der Waals surface area contributed by atoms with Gasteiger partial charge < -0.3 is 5.32 Å². The van der Waals surface area contributed by atoms with Crippen molar-refractivity contribution in [3.8, 4) is 0 Å². The first-order valence-corrected chi connectivity index (χ1v) is 12.9. The number of benzene rings is 3. The van der Waals surface area contributed by atoms with Gasteiger partial charge in [0.1, 0.15) is 0 Å². The maximum Gasteiger partial charge on any atom is 0.226 e. The molecule has 0 aliphatic carbocycles. The van der Waals surface area contributed by atoms with Gasteiger partial charge in [0, 0.05) is 11.6 Å². The monoisotopic (exact) mass is 479 g/mol. The van der Waals surface area contributed by atoms with E-state index in [0.717, 1.165) is 12.1 Å². The van der Waals surface area contributed by atoms with E-state index in [1.165, 1.54) is 21.9 Å². The molecule has 0 unspecified atom stereocenters. The zero-order valence-corrected chi connectivity index (χ0v) is 24.4. The second-order valence-corrected chi connectivity index (χ2v) is 6.51. The zero-order valence-electron chi connectivity index (χ0n) is 24.4. The van der Waals surface area contributed by atoms with Crippen LogP contribution in [0.5, 0.6) is 0 Å². The Balaban J connectivity index is -0.000000204. The number of carbonyl (C=O) groups excluding carboxylic acids is 1. The minimum absolute atomic E-state index is 0.0277. The van der Waals surface area contributed by atoms with Crippen molar-refractivity contribution in [1.29, 1.82) is 0 Å². The van der Waals surface area contributed by atoms with Gasteiger partial charge in [0.2, 0.25) is 5.91 Å². The average molecular weight is 480 g/mol. The molecule has 0 aliphatic heterocycles. The normalized spacial score (nSPS) is 8.09. The number of fused-ring (bicyclic) bond motifs is 1. The van der Waals surface area contributed by atoms with Crippen molar-refractivity contribution in [1.82, 2.24) is 0 Å². The lowest BCUT2D eigenvalue weighted by molar-refractivity contribution is -0.118. The van der Waals surface area contributed by atoms with Gasteiger partial charge in [0.05, 0.1) is 0 Å². The fourth-order valence-electron chi connectivity index (χ4n) is 2.54. The predicted molar refractivity (Wildman–Crippen MR) is 165 cm³/mol. The number of hydrogen-bond acceptors (Lipinski definition) is 1. The van der Waals surface area contributed by atoms with Gasteiger partial charge in [-0.15, -0.1) is 26.3 Å². The molecule has 0 bridgehead atoms. The fourth-order valence-corrected chi connectivity index (χ4v) is 2.54. The van der Waals surface area contributed by atoms with Crippen LogP contribution in [0.3, 0.4) is 0 Å². The fraction of sp³-hybridized carbons (Fsp3) is 0.364. The highest BCUT2D eigenvalue weighted by Gasteiger charge is 2.08. The molecule has 0 fully saturated rings. The Morgan fingerprint density at radius 2 is 1.20 bits per heavy atom. The van der Waals surface area contributed by atoms with Crippen LogP contribution in [0.2, 0.25) is 0 Å². The molecule has 0 radical (unpaired) electrons. The van der Waals surface area contributed by atoms with E-state index < -0.39 is 0 Å². The molecule has 2 nitrogen and oxygen atoms in total. The van der Waals surface area contributed by atoms with Crippen molar-refractivity contribution in [3.05, 3.63) is 104 Å². The van der Waals surface area contributed by atoms with Gasteiger partial charge in [-0.1, -0.05) is 129 Å². The minimum atomic E-state index is 0.0277. The van der Waals surface area contributed by atoms with Gasteiger partial charge >= 0.3 is 0 Å². The molecule has 0 spiro atoms. The molecule has 0 heterocycles. The molecule has 0 atom stereocenters. The van der Waals surface area contributed by atoms with Crippen LogP contribution in [0.1, 0.15) is 73.4 Å². The quantitative estimate of drug-likeness (QED) is 0.372. The largest absolute Gasteiger partial charge is 0.326 e. The SMILES string of the molecule is C=C.C=C.CC.CC.CC.CCc1ccccc1NC(=O)C(C)C.Cc1ccc2ccccc2c1. The first-order chi connectivity index (χ1) is 17.0. The van der Waals surface area contributed by atoms with Crippen molar-refractivity contribution in [2.24, 2.45) is 5.92 Å². The summed E-state index contributed by atoms with van der Waals surface area (Å²) in [6.07, 6.45) is 0.939. The molecular formula is C33H53NO. The number of para-hydroxylation sites is 1. The summed E-state index contributed by atoms with van der Waals surface area (Å²) in [5.41, 5.74) is 3.44. The first-order valence-electron chi connectivity index (χ1n) is 12.9. The van der Waals surface area contributed by atoms with E-state index in [9.17, 15) is 4.79 Å². The van der Waals surface area contributed by atoms with E-state index in [4.69, 9.17) is 0 Å². The average Bonchev–Trinajstić information content (AvgIpc) is 2.94. The second kappa shape index (κ2) is 28.9. The number of aryl methyl sites for hydroxylation is 2. The Morgan fingerprint density at radius 3 is 1.69 bits per heavy atom. The van der Waals surface area contributed by atoms with E-state index in [2.05, 4.69) is 87.9 Å². The van der Waals surface area contributed by atoms with Crippen molar-refractivity contribution in [3.63, 3.8) is 0 Å². The third kappa shape index (κ3) is 17.9. The standard InChI is InChI=1S/C12H17NO.C11H10.3C2H6.2C2H4/c1-4-10-7-5-6-8-11(10)13-12(14)9(2)3;1-9-6-7-10-4-2-3-5-11(10)8-9;5*1-2/h5-9H,4H2,1-3H3,(H,13,14);2-8H,1H3;3*1-2H3;2*1-2H2. The lowest BCUT2D eigenvalue weighted by atomic mass is 10.1. The van der Waals surface area contributed by atoms with Crippen LogP contribution < -0.4 is 5.32 Å². The van der Waals surface area contributed by atoms with E-state index in [1.807, 2.05) is 79.7 Å². The number of anilines is 1. The molecule has 3 aromatic carbocycles. The van der Waals surface area contributed by atoms with Crippen LogP contribution in [-0.2, 0) is 11.2 Å². The van der Waals surface area contributed by atoms with E-state index in [0.29, 0.717) is 0 Å². The third-order valence-corrected chi connectivity index (χ3v) is 4.09. The highest BCUT2D eigenvalue weighted by Crippen LogP contribution is 2.16. The van der Waals surface area contributed by atoms with Crippen molar-refractivity contribution >= 4 is 22.4 Å². The molecule has 1 amide bonds. The topological polar surface area (TPSA) is 29.1 Å². The molecule has 1 N–H and O–H groups in total. The highest BCUT2D eigenvalue weighted by molar-refractivity contribution is 5.92. The molecule has 35 heavy (non-hydrogen) atoms. The van der Waals surface area contributed by atoms with Crippen LogP contribution in [0.25, 0.3) is 10.8 Å². The van der Waals surface area contributed by atoms with Crippen LogP contribution in [0.4, 0.5) is 5.69 Å². The predicted octanol–water partition coefficient (Wildman–Crippen LogP) is 10.7. The van der Waals surface area contributed by atoms with Gasteiger partial charge in [-0.2, -0.15) is 0 Å². The molecule has 0 saturated heterocycles. The summed E-state index contributed by atoms with van der Waals surface area (Å²) in [6.45, 7) is 32.0. The minimum Gasteiger partial charge on any atom is -0.326 e. The summed E-state index contributed by atoms with van der Waals surface area (Å²) in [5.74, 6) is 0.103. The number of nitrogens with one attached hydrogen (secondary N) is 1. The Morgan fingerprint density at radius 1 is 0.743 bits per heavy atom. The van der Waals surface area contributed by atoms with Crippen molar-refractivity contribution < 1.29 is 4.79 Å². The lowest BCUT2D eigenvalue weighted by Crippen LogP contribution is -2.18. The molecule has 0 saturated carbocycles. The summed E-state index contributed by atoms with van der Waals surface area (Å²) in [7, 11) is 0. The molecule has 0 aromatic heterocycles. The lowest BCUT2D eigenvalue weighted by Gasteiger charge is -2.11. The summed E-state index contributed by atoms with van der Waals surface area (Å²) >= 11 is 0. The van der Waals surface area contributed by atoms with Crippen molar-refractivity contribution in [2.75, 3.05) is 5.32 Å². The second-order valence-electron chi connectivity index (χ2n) is 6.51. The maximum absolute atomic E-state index is 11.5. The molecule has 0 aliphatic rings. The summed E-state index contributed by atoms with van der Waals surface area (Å²) in [6, 6.07) is 22.8. The van der Waals surface area contributed by atoms with E-state index in [-0.39, 0.29) is 11.8 Å². The van der Waals surface area contributed by atoms with Crippen LogP contribution in [-0.4, -0.2) is 5.91 Å². The van der Waals surface area contributed by atoms with Crippen LogP contribution in [0.15, 0.2) is 93.0 Å².